The van der Waals surface area contributed by atoms with Gasteiger partial charge in [0.05, 0.1) is 25.0 Å². The molecule has 1 saturated heterocycles. The molecule has 0 spiro atoms. The Morgan fingerprint density at radius 2 is 1.76 bits per heavy atom. The molecular weight excluding hydrogens is 586 g/mol. The van der Waals surface area contributed by atoms with E-state index < -0.39 is 6.03 Å². The molecule has 3 N–H and O–H groups in total. The molecule has 0 saturated carbocycles. The van der Waals surface area contributed by atoms with Crippen LogP contribution in [0.3, 0.4) is 0 Å². The van der Waals surface area contributed by atoms with E-state index in [0.717, 1.165) is 24.3 Å². The van der Waals surface area contributed by atoms with Gasteiger partial charge in [-0.2, -0.15) is 0 Å². The Kier molecular flexibility index (Phi) is 7.96. The molecular formula is C35H35N5O6. The monoisotopic (exact) mass is 621 g/mol. The minimum absolute atomic E-state index is 0.0296. The summed E-state index contributed by atoms with van der Waals surface area (Å²) < 4.78 is 19.0. The predicted molar refractivity (Wildman–Crippen MR) is 175 cm³/mol. The van der Waals surface area contributed by atoms with Crippen LogP contribution in [0.1, 0.15) is 28.4 Å². The number of benzene rings is 3. The number of nitrogens with zero attached hydrogens (tertiary/aromatic N) is 2. The molecule has 0 aliphatic carbocycles. The normalized spacial score (nSPS) is 19.4. The van der Waals surface area contributed by atoms with Crippen molar-refractivity contribution in [2.45, 2.75) is 25.0 Å². The van der Waals surface area contributed by atoms with Gasteiger partial charge in [-0.05, 0) is 60.9 Å². The number of rotatable bonds is 7. The number of pyridine rings is 1. The molecule has 11 nitrogen and oxygen atoms in total. The van der Waals surface area contributed by atoms with Gasteiger partial charge in [0.25, 0.3) is 11.5 Å². The Hall–Kier alpha value is -5.45. The number of aromatic nitrogens is 1. The third-order valence-electron chi connectivity index (χ3n) is 8.71. The van der Waals surface area contributed by atoms with Gasteiger partial charge in [0, 0.05) is 54.6 Å². The van der Waals surface area contributed by atoms with Crippen molar-refractivity contribution in [2.75, 3.05) is 48.9 Å². The topological polar surface area (TPSA) is 123 Å². The van der Waals surface area contributed by atoms with E-state index in [1.165, 1.54) is 0 Å². The lowest BCUT2D eigenvalue weighted by Crippen LogP contribution is -2.47. The standard InChI is InChI=1S/C35H35N5O6/c1-44-26-7-4-6-25(16-26)37-35(43)38-28-15-23(34(42)36-17-27-21-45-31-9-2-3-10-32(31)46-27)12-13-30(28)39-18-22-14-24(20-39)29-8-5-11-33(41)40(29)19-22/h2-13,15-16,22,24,27H,14,17-21H2,1H3,(H,36,42)(H2,37,38,43)/t22-,24+,27-/m1/s1. The lowest BCUT2D eigenvalue weighted by molar-refractivity contribution is 0.0789. The van der Waals surface area contributed by atoms with Gasteiger partial charge in [0.15, 0.2) is 11.5 Å². The summed E-state index contributed by atoms with van der Waals surface area (Å²) in [7, 11) is 1.57. The average Bonchev–Trinajstić information content (AvgIpc) is 3.07. The molecule has 0 radical (unpaired) electrons. The van der Waals surface area contributed by atoms with E-state index in [2.05, 4.69) is 20.9 Å². The molecule has 46 heavy (non-hydrogen) atoms. The highest BCUT2D eigenvalue weighted by Gasteiger charge is 2.35. The van der Waals surface area contributed by atoms with Crippen LogP contribution < -0.4 is 40.6 Å². The minimum atomic E-state index is -0.451. The summed E-state index contributed by atoms with van der Waals surface area (Å²) in [5.41, 5.74) is 3.34. The van der Waals surface area contributed by atoms with E-state index in [1.807, 2.05) is 47.0 Å². The van der Waals surface area contributed by atoms with Crippen molar-refractivity contribution in [1.82, 2.24) is 9.88 Å². The first kappa shape index (κ1) is 29.3. The Balaban J connectivity index is 1.11. The van der Waals surface area contributed by atoms with Crippen molar-refractivity contribution in [1.29, 1.82) is 0 Å². The van der Waals surface area contributed by atoms with Gasteiger partial charge in [-0.25, -0.2) is 4.79 Å². The van der Waals surface area contributed by atoms with E-state index in [4.69, 9.17) is 14.2 Å². The Bertz CT molecular complexity index is 1840. The molecule has 1 fully saturated rings. The van der Waals surface area contributed by atoms with E-state index in [9.17, 15) is 14.4 Å². The second kappa shape index (κ2) is 12.5. The molecule has 3 atom stereocenters. The SMILES string of the molecule is COc1cccc(NC(=O)Nc2cc(C(=O)NC[C@@H]3COc4ccccc4O3)ccc2N2C[C@H]3C[C@@H](C2)c2cccc(=O)n2C3)c1. The maximum atomic E-state index is 13.4. The Morgan fingerprint density at radius 3 is 2.63 bits per heavy atom. The number of carbonyl (C=O) groups excluding carboxylic acids is 2. The number of carbonyl (C=O) groups is 2. The lowest BCUT2D eigenvalue weighted by Gasteiger charge is -2.44. The van der Waals surface area contributed by atoms with E-state index >= 15 is 0 Å². The second-order valence-corrected chi connectivity index (χ2v) is 11.9. The van der Waals surface area contributed by atoms with E-state index in [-0.39, 0.29) is 36.0 Å². The molecule has 3 amide bonds. The molecule has 2 bridgehead atoms. The van der Waals surface area contributed by atoms with Crippen LogP contribution in [0, 0.1) is 5.92 Å². The van der Waals surface area contributed by atoms with Crippen molar-refractivity contribution >= 4 is 29.0 Å². The molecule has 0 unspecified atom stereocenters. The number of para-hydroxylation sites is 2. The molecule has 1 aromatic heterocycles. The van der Waals surface area contributed by atoms with Crippen LogP contribution >= 0.6 is 0 Å². The third kappa shape index (κ3) is 6.08. The molecule has 3 aliphatic rings. The highest BCUT2D eigenvalue weighted by molar-refractivity contribution is 6.04. The highest BCUT2D eigenvalue weighted by Crippen LogP contribution is 2.39. The number of nitrogens with one attached hydrogen (secondary N) is 3. The molecule has 7 rings (SSSR count). The first-order chi connectivity index (χ1) is 22.4. The Labute approximate surface area is 266 Å². The maximum absolute atomic E-state index is 13.4. The van der Waals surface area contributed by atoms with Gasteiger partial charge in [0.2, 0.25) is 0 Å². The van der Waals surface area contributed by atoms with Crippen LogP contribution in [0.2, 0.25) is 0 Å². The number of ether oxygens (including phenoxy) is 3. The van der Waals surface area contributed by atoms with E-state index in [0.29, 0.717) is 53.9 Å². The quantitative estimate of drug-likeness (QED) is 0.274. The second-order valence-electron chi connectivity index (χ2n) is 11.9. The summed E-state index contributed by atoms with van der Waals surface area (Å²) in [6.07, 6.45) is 0.657. The smallest absolute Gasteiger partial charge is 0.323 e. The van der Waals surface area contributed by atoms with Crippen LogP contribution in [-0.2, 0) is 6.54 Å². The number of hydrogen-bond donors (Lipinski definition) is 3. The summed E-state index contributed by atoms with van der Waals surface area (Å²) in [6.45, 7) is 2.62. The largest absolute Gasteiger partial charge is 0.497 e. The summed E-state index contributed by atoms with van der Waals surface area (Å²) in [4.78, 5) is 41.4. The van der Waals surface area contributed by atoms with Crippen molar-refractivity contribution < 1.29 is 23.8 Å². The van der Waals surface area contributed by atoms with Crippen LogP contribution in [0.25, 0.3) is 0 Å². The summed E-state index contributed by atoms with van der Waals surface area (Å²) in [5.74, 6) is 2.09. The molecule has 236 valence electrons. The third-order valence-corrected chi connectivity index (χ3v) is 8.71. The fourth-order valence-electron chi connectivity index (χ4n) is 6.60. The fourth-order valence-corrected chi connectivity index (χ4v) is 6.60. The zero-order valence-electron chi connectivity index (χ0n) is 25.4. The maximum Gasteiger partial charge on any atom is 0.323 e. The number of fused-ring (bicyclic) bond motifs is 5. The van der Waals surface area contributed by atoms with Crippen molar-refractivity contribution in [3.05, 3.63) is 107 Å². The first-order valence-electron chi connectivity index (χ1n) is 15.4. The van der Waals surface area contributed by atoms with Gasteiger partial charge < -0.3 is 39.6 Å². The first-order valence-corrected chi connectivity index (χ1v) is 15.4. The molecule has 4 aromatic rings. The number of urea groups is 1. The number of methoxy groups -OCH3 is 1. The summed E-state index contributed by atoms with van der Waals surface area (Å²) >= 11 is 0. The van der Waals surface area contributed by atoms with Gasteiger partial charge >= 0.3 is 6.03 Å². The van der Waals surface area contributed by atoms with Crippen molar-refractivity contribution in [3.63, 3.8) is 0 Å². The van der Waals surface area contributed by atoms with Crippen LogP contribution in [-0.4, -0.2) is 56.0 Å². The minimum Gasteiger partial charge on any atom is -0.497 e. The van der Waals surface area contributed by atoms with Gasteiger partial charge in [-0.15, -0.1) is 0 Å². The zero-order chi connectivity index (χ0) is 31.6. The molecule has 11 heteroatoms. The highest BCUT2D eigenvalue weighted by atomic mass is 16.6. The molecule has 3 aromatic carbocycles. The number of piperidine rings is 1. The number of anilines is 3. The summed E-state index contributed by atoms with van der Waals surface area (Å²) in [5, 5.41) is 8.80. The van der Waals surface area contributed by atoms with Gasteiger partial charge in [-0.3, -0.25) is 9.59 Å². The van der Waals surface area contributed by atoms with Gasteiger partial charge in [0.1, 0.15) is 18.5 Å². The fraction of sp³-hybridized carbons (Fsp3) is 0.286. The van der Waals surface area contributed by atoms with Crippen molar-refractivity contribution in [3.8, 4) is 17.2 Å². The van der Waals surface area contributed by atoms with Crippen LogP contribution in [0.15, 0.2) is 89.7 Å². The zero-order valence-corrected chi connectivity index (χ0v) is 25.4. The lowest BCUT2D eigenvalue weighted by atomic mass is 9.83. The molecule has 4 heterocycles. The predicted octanol–water partition coefficient (Wildman–Crippen LogP) is 4.69. The average molecular weight is 622 g/mol. The van der Waals surface area contributed by atoms with Gasteiger partial charge in [-0.1, -0.05) is 24.3 Å². The van der Waals surface area contributed by atoms with Crippen LogP contribution in [0.5, 0.6) is 17.2 Å². The van der Waals surface area contributed by atoms with E-state index in [1.54, 1.807) is 49.6 Å². The Morgan fingerprint density at radius 1 is 0.913 bits per heavy atom. The number of hydrogen-bond acceptors (Lipinski definition) is 7. The van der Waals surface area contributed by atoms with Crippen LogP contribution in [0.4, 0.5) is 21.9 Å². The summed E-state index contributed by atoms with van der Waals surface area (Å²) in [6, 6.07) is 24.9. The number of amides is 3. The van der Waals surface area contributed by atoms with Crippen molar-refractivity contribution in [2.24, 2.45) is 5.92 Å². The molecule has 3 aliphatic heterocycles.